The molecule has 3 atom stereocenters. The second-order valence-electron chi connectivity index (χ2n) is 6.40. The van der Waals surface area contributed by atoms with Gasteiger partial charge in [-0.3, -0.25) is 0 Å². The van der Waals surface area contributed by atoms with Crippen LogP contribution in [0.15, 0.2) is 12.2 Å². The van der Waals surface area contributed by atoms with Crippen molar-refractivity contribution in [1.82, 2.24) is 0 Å². The molecule has 1 aliphatic carbocycles. The fourth-order valence-corrected chi connectivity index (χ4v) is 2.79. The summed E-state index contributed by atoms with van der Waals surface area (Å²) in [5.74, 6) is 3.12. The van der Waals surface area contributed by atoms with E-state index in [9.17, 15) is 0 Å². The van der Waals surface area contributed by atoms with Gasteiger partial charge in [0.25, 0.3) is 0 Å². The molecule has 3 unspecified atom stereocenters. The molecule has 0 nitrogen and oxygen atoms in total. The summed E-state index contributed by atoms with van der Waals surface area (Å²) in [7, 11) is 0. The average Bonchev–Trinajstić information content (AvgIpc) is 3.02. The van der Waals surface area contributed by atoms with Crippen molar-refractivity contribution < 1.29 is 0 Å². The zero-order valence-corrected chi connectivity index (χ0v) is 12.3. The molecule has 17 heavy (non-hydrogen) atoms. The predicted octanol–water partition coefficient (Wildman–Crippen LogP) is 5.98. The standard InChI is InChI=1S/C17H32/c1-5-15(4)10-6-7-11-16-13-17(16)12-8-9-14(2)3/h15-17H,2,5-13H2,1,3-4H3. The number of unbranched alkanes of at least 4 members (excludes halogenated alkanes) is 1. The molecule has 1 saturated carbocycles. The van der Waals surface area contributed by atoms with Gasteiger partial charge in [0.2, 0.25) is 0 Å². The predicted molar refractivity (Wildman–Crippen MR) is 78.2 cm³/mol. The van der Waals surface area contributed by atoms with Crippen LogP contribution in [0.1, 0.15) is 78.6 Å². The van der Waals surface area contributed by atoms with E-state index in [0.717, 1.165) is 17.8 Å². The third kappa shape index (κ3) is 6.91. The third-order valence-corrected chi connectivity index (χ3v) is 4.47. The monoisotopic (exact) mass is 236 g/mol. The summed E-state index contributed by atoms with van der Waals surface area (Å²) < 4.78 is 0. The molecule has 0 bridgehead atoms. The highest BCUT2D eigenvalue weighted by Gasteiger charge is 2.35. The van der Waals surface area contributed by atoms with Crippen molar-refractivity contribution in [3.05, 3.63) is 12.2 Å². The van der Waals surface area contributed by atoms with E-state index >= 15 is 0 Å². The zero-order chi connectivity index (χ0) is 12.7. The van der Waals surface area contributed by atoms with Crippen LogP contribution in [0.4, 0.5) is 0 Å². The van der Waals surface area contributed by atoms with Crippen molar-refractivity contribution in [2.75, 3.05) is 0 Å². The molecule has 1 fully saturated rings. The fourth-order valence-electron chi connectivity index (χ4n) is 2.79. The van der Waals surface area contributed by atoms with Gasteiger partial charge in [0.05, 0.1) is 0 Å². The Morgan fingerprint density at radius 1 is 1.18 bits per heavy atom. The lowest BCUT2D eigenvalue weighted by Gasteiger charge is -2.07. The SMILES string of the molecule is C=C(C)CCCC1CC1CCCCC(C)CC. The summed E-state index contributed by atoms with van der Waals surface area (Å²) in [5, 5.41) is 0. The number of rotatable bonds is 10. The van der Waals surface area contributed by atoms with Gasteiger partial charge in [-0.1, -0.05) is 51.5 Å². The Kier molecular flexibility index (Phi) is 6.92. The van der Waals surface area contributed by atoms with Gasteiger partial charge in [0.15, 0.2) is 0 Å². The lowest BCUT2D eigenvalue weighted by Crippen LogP contribution is -1.92. The quantitative estimate of drug-likeness (QED) is 0.323. The van der Waals surface area contributed by atoms with Gasteiger partial charge in [0.1, 0.15) is 0 Å². The molecule has 0 aromatic rings. The molecule has 1 rings (SSSR count). The molecule has 0 amide bonds. The van der Waals surface area contributed by atoms with E-state index in [1.165, 1.54) is 63.4 Å². The molecular weight excluding hydrogens is 204 g/mol. The van der Waals surface area contributed by atoms with Crippen molar-refractivity contribution in [1.29, 1.82) is 0 Å². The van der Waals surface area contributed by atoms with E-state index in [1.54, 1.807) is 0 Å². The van der Waals surface area contributed by atoms with Crippen LogP contribution in [0.2, 0.25) is 0 Å². The Morgan fingerprint density at radius 2 is 1.82 bits per heavy atom. The summed E-state index contributed by atoms with van der Waals surface area (Å²) >= 11 is 0. The molecular formula is C17H32. The van der Waals surface area contributed by atoms with E-state index < -0.39 is 0 Å². The van der Waals surface area contributed by atoms with Crippen LogP contribution in [0.3, 0.4) is 0 Å². The van der Waals surface area contributed by atoms with E-state index in [4.69, 9.17) is 0 Å². The smallest absolute Gasteiger partial charge is 0.0326 e. The van der Waals surface area contributed by atoms with Crippen LogP contribution in [-0.4, -0.2) is 0 Å². The lowest BCUT2D eigenvalue weighted by molar-refractivity contribution is 0.464. The molecule has 0 aliphatic heterocycles. The molecule has 1 aliphatic rings. The first-order valence-corrected chi connectivity index (χ1v) is 7.77. The highest BCUT2D eigenvalue weighted by atomic mass is 14.4. The Hall–Kier alpha value is -0.260. The Bertz CT molecular complexity index is 216. The van der Waals surface area contributed by atoms with Crippen LogP contribution in [0, 0.1) is 17.8 Å². The maximum atomic E-state index is 3.98. The Labute approximate surface area is 109 Å². The lowest BCUT2D eigenvalue weighted by atomic mass is 9.99. The summed E-state index contributed by atoms with van der Waals surface area (Å²) in [4.78, 5) is 0. The first kappa shape index (κ1) is 14.8. The van der Waals surface area contributed by atoms with Crippen molar-refractivity contribution in [2.45, 2.75) is 78.6 Å². The fraction of sp³-hybridized carbons (Fsp3) is 0.882. The molecule has 0 heteroatoms. The maximum absolute atomic E-state index is 3.98. The van der Waals surface area contributed by atoms with E-state index in [1.807, 2.05) is 0 Å². The number of hydrogen-bond donors (Lipinski definition) is 0. The Morgan fingerprint density at radius 3 is 2.41 bits per heavy atom. The maximum Gasteiger partial charge on any atom is -0.0326 e. The van der Waals surface area contributed by atoms with Crippen LogP contribution in [-0.2, 0) is 0 Å². The van der Waals surface area contributed by atoms with Gasteiger partial charge in [-0.05, 0) is 50.4 Å². The molecule has 0 heterocycles. The zero-order valence-electron chi connectivity index (χ0n) is 12.3. The molecule has 0 aromatic carbocycles. The minimum Gasteiger partial charge on any atom is -0.100 e. The van der Waals surface area contributed by atoms with Crippen LogP contribution in [0.25, 0.3) is 0 Å². The molecule has 100 valence electrons. The molecule has 0 saturated heterocycles. The average molecular weight is 236 g/mol. The largest absolute Gasteiger partial charge is 0.100 e. The van der Waals surface area contributed by atoms with Crippen molar-refractivity contribution in [2.24, 2.45) is 17.8 Å². The van der Waals surface area contributed by atoms with Gasteiger partial charge < -0.3 is 0 Å². The van der Waals surface area contributed by atoms with Gasteiger partial charge in [-0.25, -0.2) is 0 Å². The van der Waals surface area contributed by atoms with Gasteiger partial charge in [-0.2, -0.15) is 0 Å². The minimum atomic E-state index is 0.945. The van der Waals surface area contributed by atoms with Crippen molar-refractivity contribution in [3.63, 3.8) is 0 Å². The van der Waals surface area contributed by atoms with Crippen LogP contribution >= 0.6 is 0 Å². The molecule has 0 N–H and O–H groups in total. The summed E-state index contributed by atoms with van der Waals surface area (Å²) in [6.45, 7) is 10.8. The number of hydrogen-bond acceptors (Lipinski definition) is 0. The Balaban J connectivity index is 1.89. The first-order chi connectivity index (χ1) is 8.13. The van der Waals surface area contributed by atoms with Gasteiger partial charge in [-0.15, -0.1) is 6.58 Å². The number of allylic oxidation sites excluding steroid dienone is 1. The molecule has 0 aromatic heterocycles. The first-order valence-electron chi connectivity index (χ1n) is 7.77. The topological polar surface area (TPSA) is 0 Å². The van der Waals surface area contributed by atoms with E-state index in [2.05, 4.69) is 27.4 Å². The van der Waals surface area contributed by atoms with Gasteiger partial charge >= 0.3 is 0 Å². The van der Waals surface area contributed by atoms with E-state index in [-0.39, 0.29) is 0 Å². The summed E-state index contributed by atoms with van der Waals surface area (Å²) in [6.07, 6.45) is 12.9. The van der Waals surface area contributed by atoms with Crippen molar-refractivity contribution in [3.8, 4) is 0 Å². The second-order valence-corrected chi connectivity index (χ2v) is 6.40. The van der Waals surface area contributed by atoms with Crippen LogP contribution in [0.5, 0.6) is 0 Å². The summed E-state index contributed by atoms with van der Waals surface area (Å²) in [5.41, 5.74) is 1.36. The van der Waals surface area contributed by atoms with Crippen LogP contribution < -0.4 is 0 Å². The summed E-state index contributed by atoms with van der Waals surface area (Å²) in [6, 6.07) is 0. The third-order valence-electron chi connectivity index (χ3n) is 4.47. The molecule has 0 spiro atoms. The van der Waals surface area contributed by atoms with Crippen molar-refractivity contribution >= 4 is 0 Å². The normalized spacial score (nSPS) is 24.6. The minimum absolute atomic E-state index is 0.945. The highest BCUT2D eigenvalue weighted by Crippen LogP contribution is 2.45. The second kappa shape index (κ2) is 7.95. The van der Waals surface area contributed by atoms with E-state index in [0.29, 0.717) is 0 Å². The van der Waals surface area contributed by atoms with Gasteiger partial charge in [0, 0.05) is 0 Å². The highest BCUT2D eigenvalue weighted by molar-refractivity contribution is 4.90. The molecule has 0 radical (unpaired) electrons.